The Hall–Kier alpha value is 0.0200. The first-order chi connectivity index (χ1) is 4.66. The summed E-state index contributed by atoms with van der Waals surface area (Å²) in [7, 11) is -2.39. The maximum atomic E-state index is 10.00. The molecule has 0 aliphatic heterocycles. The van der Waals surface area contributed by atoms with E-state index >= 15 is 0 Å². The van der Waals surface area contributed by atoms with E-state index in [-0.39, 0.29) is 0 Å². The van der Waals surface area contributed by atoms with Crippen LogP contribution in [0.15, 0.2) is 0 Å². The van der Waals surface area contributed by atoms with Gasteiger partial charge in [-0.2, -0.15) is 0 Å². The zero-order valence-corrected chi connectivity index (χ0v) is 7.30. The molecule has 0 bridgehead atoms. The van der Waals surface area contributed by atoms with Crippen LogP contribution in [-0.4, -0.2) is 11.5 Å². The zero-order valence-electron chi connectivity index (χ0n) is 6.41. The van der Waals surface area contributed by atoms with Crippen molar-refractivity contribution >= 4 is 8.25 Å². The molecule has 0 aromatic rings. The van der Waals surface area contributed by atoms with Gasteiger partial charge >= 0.3 is 8.25 Å². The third-order valence-corrected chi connectivity index (χ3v) is 1.91. The number of hydrogen-bond acceptors (Lipinski definition) is 2. The Balaban J connectivity index is 3.11. The number of rotatable bonds is 5. The van der Waals surface area contributed by atoms with Gasteiger partial charge in [-0.05, 0) is 12.3 Å². The minimum absolute atomic E-state index is 0.390. The highest BCUT2D eigenvalue weighted by molar-refractivity contribution is 7.32. The van der Waals surface area contributed by atoms with Crippen molar-refractivity contribution in [3.8, 4) is 0 Å². The normalized spacial score (nSPS) is 14.9. The largest absolute Gasteiger partial charge is 0.366 e. The Morgan fingerprint density at radius 3 is 2.70 bits per heavy atom. The molecule has 0 spiro atoms. The molecular weight excluding hydrogens is 151 g/mol. The van der Waals surface area contributed by atoms with Gasteiger partial charge in [0.1, 0.15) is 0 Å². The molecule has 3 nitrogen and oxygen atoms in total. The van der Waals surface area contributed by atoms with E-state index in [0.29, 0.717) is 12.5 Å². The molecular formula is C6H14O3P. The predicted octanol–water partition coefficient (Wildman–Crippen LogP) is 2.09. The van der Waals surface area contributed by atoms with E-state index in [1.54, 1.807) is 0 Å². The van der Waals surface area contributed by atoms with Crippen LogP contribution in [0.1, 0.15) is 26.7 Å². The second kappa shape index (κ2) is 5.78. The quantitative estimate of drug-likeness (QED) is 0.634. The van der Waals surface area contributed by atoms with E-state index in [1.807, 2.05) is 0 Å². The Morgan fingerprint density at radius 1 is 1.70 bits per heavy atom. The second-order valence-electron chi connectivity index (χ2n) is 2.37. The summed E-state index contributed by atoms with van der Waals surface area (Å²) in [6.45, 7) is 4.57. The van der Waals surface area contributed by atoms with Gasteiger partial charge in [0.25, 0.3) is 0 Å². The van der Waals surface area contributed by atoms with Gasteiger partial charge in [-0.15, -0.1) is 0 Å². The zero-order chi connectivity index (χ0) is 7.98. The van der Waals surface area contributed by atoms with Gasteiger partial charge in [-0.1, -0.05) is 20.3 Å². The Labute approximate surface area is 62.3 Å². The van der Waals surface area contributed by atoms with Crippen molar-refractivity contribution in [1.29, 1.82) is 0 Å². The van der Waals surface area contributed by atoms with E-state index in [2.05, 4.69) is 18.4 Å². The first-order valence-corrected chi connectivity index (χ1v) is 4.59. The maximum Gasteiger partial charge on any atom is 0.366 e. The standard InChI is InChI=1S/C6H14O3P/c1-3-6(2)4-5-9-10(7)8/h6H,3-5H2,1-2H3,(H,7,8). The minimum Gasteiger partial charge on any atom is -0.298 e. The van der Waals surface area contributed by atoms with Gasteiger partial charge in [-0.3, -0.25) is 9.42 Å². The monoisotopic (exact) mass is 165 g/mol. The van der Waals surface area contributed by atoms with Crippen LogP contribution in [0.2, 0.25) is 0 Å². The summed E-state index contributed by atoms with van der Waals surface area (Å²) in [5.74, 6) is 0.579. The van der Waals surface area contributed by atoms with Crippen molar-refractivity contribution in [1.82, 2.24) is 0 Å². The van der Waals surface area contributed by atoms with E-state index < -0.39 is 8.25 Å². The van der Waals surface area contributed by atoms with Gasteiger partial charge in [0, 0.05) is 0 Å². The van der Waals surface area contributed by atoms with Crippen LogP contribution >= 0.6 is 8.25 Å². The summed E-state index contributed by atoms with van der Waals surface area (Å²) in [6.07, 6.45) is 1.95. The van der Waals surface area contributed by atoms with Crippen LogP contribution in [0.25, 0.3) is 0 Å². The molecule has 0 saturated carbocycles. The van der Waals surface area contributed by atoms with Gasteiger partial charge in [-0.25, -0.2) is 4.57 Å². The molecule has 2 unspecified atom stereocenters. The van der Waals surface area contributed by atoms with Crippen LogP contribution in [0, 0.1) is 5.92 Å². The SMILES string of the molecule is CCC(C)CCO[P](=O)O. The van der Waals surface area contributed by atoms with Crippen LogP contribution in [-0.2, 0) is 9.09 Å². The molecule has 0 aliphatic rings. The van der Waals surface area contributed by atoms with Crippen LogP contribution in [0.3, 0.4) is 0 Å². The Bertz CT molecular complexity index is 105. The summed E-state index contributed by atoms with van der Waals surface area (Å²) in [5, 5.41) is 0. The highest BCUT2D eigenvalue weighted by atomic mass is 31.1. The lowest BCUT2D eigenvalue weighted by molar-refractivity contribution is 0.258. The summed E-state index contributed by atoms with van der Waals surface area (Å²) in [4.78, 5) is 8.22. The van der Waals surface area contributed by atoms with Crippen molar-refractivity contribution in [3.63, 3.8) is 0 Å². The van der Waals surface area contributed by atoms with E-state index in [1.165, 1.54) is 0 Å². The third kappa shape index (κ3) is 6.14. The summed E-state index contributed by atoms with van der Waals surface area (Å²) < 4.78 is 14.5. The molecule has 10 heavy (non-hydrogen) atoms. The van der Waals surface area contributed by atoms with Crippen molar-refractivity contribution in [2.75, 3.05) is 6.61 Å². The summed E-state index contributed by atoms with van der Waals surface area (Å²) >= 11 is 0. The molecule has 0 saturated heterocycles. The average molecular weight is 165 g/mol. The molecule has 61 valence electrons. The fourth-order valence-corrected chi connectivity index (χ4v) is 0.798. The van der Waals surface area contributed by atoms with Crippen LogP contribution in [0.4, 0.5) is 0 Å². The lowest BCUT2D eigenvalue weighted by Gasteiger charge is -2.05. The van der Waals surface area contributed by atoms with Gasteiger partial charge < -0.3 is 0 Å². The van der Waals surface area contributed by atoms with Crippen molar-refractivity contribution < 1.29 is 14.0 Å². The lowest BCUT2D eigenvalue weighted by Crippen LogP contribution is -1.96. The first kappa shape index (κ1) is 10.0. The van der Waals surface area contributed by atoms with Crippen molar-refractivity contribution in [2.24, 2.45) is 5.92 Å². The molecule has 1 radical (unpaired) electrons. The van der Waals surface area contributed by atoms with E-state index in [9.17, 15) is 4.57 Å². The highest BCUT2D eigenvalue weighted by Gasteiger charge is 1.99. The highest BCUT2D eigenvalue weighted by Crippen LogP contribution is 2.16. The first-order valence-electron chi connectivity index (χ1n) is 3.45. The number of hydrogen-bond donors (Lipinski definition) is 1. The Morgan fingerprint density at radius 2 is 2.30 bits per heavy atom. The molecule has 4 heteroatoms. The fraction of sp³-hybridized carbons (Fsp3) is 1.00. The van der Waals surface area contributed by atoms with Crippen molar-refractivity contribution in [2.45, 2.75) is 26.7 Å². The lowest BCUT2D eigenvalue weighted by atomic mass is 10.1. The fourth-order valence-electron chi connectivity index (χ4n) is 0.536. The van der Waals surface area contributed by atoms with Crippen LogP contribution in [0.5, 0.6) is 0 Å². The molecule has 0 rings (SSSR count). The molecule has 1 N–H and O–H groups in total. The minimum atomic E-state index is -2.39. The van der Waals surface area contributed by atoms with E-state index in [4.69, 9.17) is 4.89 Å². The van der Waals surface area contributed by atoms with Crippen LogP contribution < -0.4 is 0 Å². The predicted molar refractivity (Wildman–Crippen MR) is 39.8 cm³/mol. The third-order valence-electron chi connectivity index (χ3n) is 1.51. The average Bonchev–Trinajstić information content (AvgIpc) is 1.87. The topological polar surface area (TPSA) is 46.5 Å². The van der Waals surface area contributed by atoms with E-state index in [0.717, 1.165) is 12.8 Å². The van der Waals surface area contributed by atoms with Gasteiger partial charge in [0.15, 0.2) is 0 Å². The Kier molecular flexibility index (Phi) is 5.79. The molecule has 0 fully saturated rings. The molecule has 0 amide bonds. The molecule has 0 aromatic heterocycles. The molecule has 0 aliphatic carbocycles. The molecule has 0 aromatic carbocycles. The summed E-state index contributed by atoms with van der Waals surface area (Å²) in [6, 6.07) is 0. The molecule has 0 heterocycles. The smallest absolute Gasteiger partial charge is 0.298 e. The van der Waals surface area contributed by atoms with Gasteiger partial charge in [0.2, 0.25) is 0 Å². The summed E-state index contributed by atoms with van der Waals surface area (Å²) in [5.41, 5.74) is 0. The maximum absolute atomic E-state index is 10.00. The second-order valence-corrected chi connectivity index (χ2v) is 3.11. The molecule has 2 atom stereocenters. The van der Waals surface area contributed by atoms with Gasteiger partial charge in [0.05, 0.1) is 6.61 Å². The van der Waals surface area contributed by atoms with Crippen molar-refractivity contribution in [3.05, 3.63) is 0 Å².